The molecular formula is C14H25N3O2. The third-order valence-electron chi connectivity index (χ3n) is 3.87. The summed E-state index contributed by atoms with van der Waals surface area (Å²) < 4.78 is 12.5. The molecule has 108 valence electrons. The van der Waals surface area contributed by atoms with Crippen molar-refractivity contribution in [3.05, 3.63) is 18.0 Å². The summed E-state index contributed by atoms with van der Waals surface area (Å²) in [4.78, 5) is 0. The first-order chi connectivity index (χ1) is 9.24. The lowest BCUT2D eigenvalue weighted by molar-refractivity contribution is -0.116. The van der Waals surface area contributed by atoms with Crippen LogP contribution in [-0.4, -0.2) is 36.3 Å². The molecule has 1 aromatic rings. The zero-order valence-electron chi connectivity index (χ0n) is 11.9. The number of ether oxygens (including phenoxy) is 2. The van der Waals surface area contributed by atoms with Gasteiger partial charge in [0.1, 0.15) is 0 Å². The van der Waals surface area contributed by atoms with Crippen LogP contribution in [0, 0.1) is 0 Å². The van der Waals surface area contributed by atoms with E-state index in [-0.39, 0.29) is 12.3 Å². The predicted molar refractivity (Wildman–Crippen MR) is 73.8 cm³/mol. The van der Waals surface area contributed by atoms with Crippen LogP contribution in [0.1, 0.15) is 43.8 Å². The Labute approximate surface area is 115 Å². The SMILES string of the molecule is COC(OC)C(N)Cc1ccn(C2CCCCC2)n1. The maximum Gasteiger partial charge on any atom is 0.172 e. The van der Waals surface area contributed by atoms with Gasteiger partial charge in [0.25, 0.3) is 0 Å². The minimum absolute atomic E-state index is 0.190. The van der Waals surface area contributed by atoms with Crippen molar-refractivity contribution in [1.29, 1.82) is 0 Å². The van der Waals surface area contributed by atoms with Crippen molar-refractivity contribution in [2.45, 2.75) is 56.9 Å². The molecule has 0 amide bonds. The predicted octanol–water partition coefficient (Wildman–Crippen LogP) is 1.88. The van der Waals surface area contributed by atoms with Gasteiger partial charge in [0, 0.05) is 26.8 Å². The molecule has 1 fully saturated rings. The molecule has 1 unspecified atom stereocenters. The van der Waals surface area contributed by atoms with Crippen LogP contribution >= 0.6 is 0 Å². The van der Waals surface area contributed by atoms with E-state index < -0.39 is 0 Å². The molecule has 0 bridgehead atoms. The number of methoxy groups -OCH3 is 2. The first-order valence-electron chi connectivity index (χ1n) is 7.09. The Balaban J connectivity index is 1.93. The lowest BCUT2D eigenvalue weighted by atomic mass is 9.96. The number of aromatic nitrogens is 2. The number of hydrogen-bond acceptors (Lipinski definition) is 4. The molecule has 1 aliphatic carbocycles. The van der Waals surface area contributed by atoms with E-state index in [0.29, 0.717) is 12.5 Å². The van der Waals surface area contributed by atoms with Gasteiger partial charge in [0.2, 0.25) is 0 Å². The zero-order chi connectivity index (χ0) is 13.7. The first kappa shape index (κ1) is 14.5. The lowest BCUT2D eigenvalue weighted by Gasteiger charge is -2.22. The van der Waals surface area contributed by atoms with Crippen LogP contribution in [0.5, 0.6) is 0 Å². The maximum atomic E-state index is 6.06. The van der Waals surface area contributed by atoms with Crippen molar-refractivity contribution in [3.63, 3.8) is 0 Å². The van der Waals surface area contributed by atoms with E-state index >= 15 is 0 Å². The highest BCUT2D eigenvalue weighted by molar-refractivity contribution is 5.02. The smallest absolute Gasteiger partial charge is 0.172 e. The molecule has 1 heterocycles. The van der Waals surface area contributed by atoms with Crippen LogP contribution in [0.4, 0.5) is 0 Å². The molecule has 0 aromatic carbocycles. The highest BCUT2D eigenvalue weighted by atomic mass is 16.7. The second-order valence-electron chi connectivity index (χ2n) is 5.29. The molecule has 2 rings (SSSR count). The van der Waals surface area contributed by atoms with E-state index in [4.69, 9.17) is 15.2 Å². The zero-order valence-corrected chi connectivity index (χ0v) is 11.9. The van der Waals surface area contributed by atoms with Gasteiger partial charge in [-0.25, -0.2) is 0 Å². The molecule has 0 aliphatic heterocycles. The molecule has 5 heteroatoms. The van der Waals surface area contributed by atoms with Gasteiger partial charge in [0.15, 0.2) is 6.29 Å². The molecule has 19 heavy (non-hydrogen) atoms. The van der Waals surface area contributed by atoms with E-state index in [1.165, 1.54) is 32.1 Å². The lowest BCUT2D eigenvalue weighted by Crippen LogP contribution is -2.39. The standard InChI is InChI=1S/C14H25N3O2/c1-18-14(19-2)13(15)10-11-8-9-17(16-11)12-6-4-3-5-7-12/h8-9,12-14H,3-7,10,15H2,1-2H3. The van der Waals surface area contributed by atoms with Crippen molar-refractivity contribution in [1.82, 2.24) is 9.78 Å². The van der Waals surface area contributed by atoms with Crippen molar-refractivity contribution in [2.75, 3.05) is 14.2 Å². The van der Waals surface area contributed by atoms with Crippen LogP contribution in [0.25, 0.3) is 0 Å². The van der Waals surface area contributed by atoms with Crippen molar-refractivity contribution in [3.8, 4) is 0 Å². The normalized spacial score (nSPS) is 18.9. The van der Waals surface area contributed by atoms with Crippen LogP contribution in [0.2, 0.25) is 0 Å². The molecule has 1 aliphatic rings. The molecule has 0 radical (unpaired) electrons. The highest BCUT2D eigenvalue weighted by Gasteiger charge is 2.20. The topological polar surface area (TPSA) is 62.3 Å². The van der Waals surface area contributed by atoms with Gasteiger partial charge < -0.3 is 15.2 Å². The Morgan fingerprint density at radius 2 is 2.00 bits per heavy atom. The number of rotatable bonds is 6. The van der Waals surface area contributed by atoms with Gasteiger partial charge in [-0.2, -0.15) is 5.10 Å². The summed E-state index contributed by atoms with van der Waals surface area (Å²) in [6.07, 6.45) is 8.85. The second-order valence-corrected chi connectivity index (χ2v) is 5.29. The van der Waals surface area contributed by atoms with Gasteiger partial charge >= 0.3 is 0 Å². The number of nitrogens with two attached hydrogens (primary N) is 1. The summed E-state index contributed by atoms with van der Waals surface area (Å²) in [5, 5.41) is 4.65. The Morgan fingerprint density at radius 3 is 2.63 bits per heavy atom. The summed E-state index contributed by atoms with van der Waals surface area (Å²) in [5.41, 5.74) is 7.07. The van der Waals surface area contributed by atoms with Gasteiger partial charge in [-0.05, 0) is 18.9 Å². The fraction of sp³-hybridized carbons (Fsp3) is 0.786. The Morgan fingerprint density at radius 1 is 1.32 bits per heavy atom. The molecule has 5 nitrogen and oxygen atoms in total. The Hall–Kier alpha value is -0.910. The fourth-order valence-electron chi connectivity index (χ4n) is 2.82. The molecule has 1 saturated carbocycles. The molecule has 2 N–H and O–H groups in total. The number of hydrogen-bond donors (Lipinski definition) is 1. The molecule has 0 saturated heterocycles. The summed E-state index contributed by atoms with van der Waals surface area (Å²) in [5.74, 6) is 0. The van der Waals surface area contributed by atoms with E-state index in [0.717, 1.165) is 5.69 Å². The third-order valence-corrected chi connectivity index (χ3v) is 3.87. The molecule has 1 atom stereocenters. The van der Waals surface area contributed by atoms with Gasteiger partial charge in [-0.1, -0.05) is 19.3 Å². The van der Waals surface area contributed by atoms with Crippen molar-refractivity contribution < 1.29 is 9.47 Å². The van der Waals surface area contributed by atoms with Crippen LogP contribution in [0.3, 0.4) is 0 Å². The Bertz CT molecular complexity index is 371. The van der Waals surface area contributed by atoms with Gasteiger partial charge in [-0.3, -0.25) is 4.68 Å². The largest absolute Gasteiger partial charge is 0.354 e. The average molecular weight is 267 g/mol. The van der Waals surface area contributed by atoms with E-state index in [9.17, 15) is 0 Å². The second kappa shape index (κ2) is 7.03. The number of nitrogens with zero attached hydrogens (tertiary/aromatic N) is 2. The highest BCUT2D eigenvalue weighted by Crippen LogP contribution is 2.27. The third kappa shape index (κ3) is 3.78. The van der Waals surface area contributed by atoms with E-state index in [1.807, 2.05) is 0 Å². The Kier molecular flexibility index (Phi) is 5.36. The summed E-state index contributed by atoms with van der Waals surface area (Å²) in [7, 11) is 3.21. The van der Waals surface area contributed by atoms with Gasteiger partial charge in [0.05, 0.1) is 17.8 Å². The molecular weight excluding hydrogens is 242 g/mol. The monoisotopic (exact) mass is 267 g/mol. The minimum atomic E-state index is -0.375. The molecule has 1 aromatic heterocycles. The summed E-state index contributed by atoms with van der Waals surface area (Å²) in [6.45, 7) is 0. The minimum Gasteiger partial charge on any atom is -0.354 e. The fourth-order valence-corrected chi connectivity index (χ4v) is 2.82. The molecule has 0 spiro atoms. The van der Waals surface area contributed by atoms with Crippen molar-refractivity contribution >= 4 is 0 Å². The van der Waals surface area contributed by atoms with Crippen LogP contribution < -0.4 is 5.73 Å². The average Bonchev–Trinajstić information content (AvgIpc) is 2.89. The van der Waals surface area contributed by atoms with Gasteiger partial charge in [-0.15, -0.1) is 0 Å². The summed E-state index contributed by atoms with van der Waals surface area (Å²) in [6, 6.07) is 2.43. The van der Waals surface area contributed by atoms with E-state index in [1.54, 1.807) is 14.2 Å². The maximum absolute atomic E-state index is 6.06. The quantitative estimate of drug-likeness (QED) is 0.799. The van der Waals surface area contributed by atoms with Crippen molar-refractivity contribution in [2.24, 2.45) is 5.73 Å². The summed E-state index contributed by atoms with van der Waals surface area (Å²) >= 11 is 0. The van der Waals surface area contributed by atoms with Crippen LogP contribution in [-0.2, 0) is 15.9 Å². The van der Waals surface area contributed by atoms with E-state index in [2.05, 4.69) is 22.0 Å². The first-order valence-corrected chi connectivity index (χ1v) is 7.09. The van der Waals surface area contributed by atoms with Crippen LogP contribution in [0.15, 0.2) is 12.3 Å².